The van der Waals surface area contributed by atoms with Crippen LogP contribution in [-0.4, -0.2) is 22.1 Å². The summed E-state index contributed by atoms with van der Waals surface area (Å²) >= 11 is 0. The molecular formula is C11H20N4O. The van der Waals surface area contributed by atoms with E-state index in [1.165, 1.54) is 0 Å². The molecule has 5 heteroatoms. The van der Waals surface area contributed by atoms with Crippen LogP contribution in [-0.2, 0) is 4.79 Å². The number of aromatic nitrogens is 2. The van der Waals surface area contributed by atoms with Gasteiger partial charge >= 0.3 is 0 Å². The molecule has 1 heterocycles. The van der Waals surface area contributed by atoms with E-state index in [4.69, 9.17) is 5.73 Å². The highest BCUT2D eigenvalue weighted by Gasteiger charge is 2.24. The third kappa shape index (κ3) is 2.61. The summed E-state index contributed by atoms with van der Waals surface area (Å²) in [5, 5.41) is 10.2. The van der Waals surface area contributed by atoms with Crippen molar-refractivity contribution in [1.29, 1.82) is 0 Å². The average Bonchev–Trinajstić information content (AvgIpc) is 2.55. The van der Waals surface area contributed by atoms with Gasteiger partial charge in [-0.25, -0.2) is 0 Å². The summed E-state index contributed by atoms with van der Waals surface area (Å²) in [6, 6.07) is -0.222. The first-order chi connectivity index (χ1) is 7.47. The van der Waals surface area contributed by atoms with Crippen LogP contribution in [0.2, 0.25) is 0 Å². The van der Waals surface area contributed by atoms with Crippen LogP contribution in [0.5, 0.6) is 0 Å². The lowest BCUT2D eigenvalue weighted by Crippen LogP contribution is -2.39. The molecule has 2 atom stereocenters. The van der Waals surface area contributed by atoms with Crippen LogP contribution in [0.1, 0.15) is 43.3 Å². The van der Waals surface area contributed by atoms with Crippen molar-refractivity contribution in [2.24, 2.45) is 5.73 Å². The standard InChI is InChI=1S/C11H20N4O/c1-5-6(2)13-10(11(12)16)9-7(3)14-15-8(9)4/h6,10,13H,5H2,1-4H3,(H2,12,16)(H,14,15). The fourth-order valence-corrected chi connectivity index (χ4v) is 1.69. The Hall–Kier alpha value is -1.36. The largest absolute Gasteiger partial charge is 0.368 e. The van der Waals surface area contributed by atoms with E-state index in [1.54, 1.807) is 0 Å². The van der Waals surface area contributed by atoms with E-state index < -0.39 is 6.04 Å². The molecule has 0 radical (unpaired) electrons. The molecule has 0 bridgehead atoms. The molecule has 1 rings (SSSR count). The van der Waals surface area contributed by atoms with Crippen molar-refractivity contribution in [3.63, 3.8) is 0 Å². The van der Waals surface area contributed by atoms with Gasteiger partial charge in [-0.15, -0.1) is 0 Å². The zero-order chi connectivity index (χ0) is 12.3. The highest BCUT2D eigenvalue weighted by Crippen LogP contribution is 2.20. The summed E-state index contributed by atoms with van der Waals surface area (Å²) in [6.45, 7) is 7.85. The van der Waals surface area contributed by atoms with E-state index in [0.717, 1.165) is 23.4 Å². The Balaban J connectivity index is 2.99. The SMILES string of the molecule is CCC(C)NC(C(N)=O)c1c(C)n[nH]c1C. The first-order valence-electron chi connectivity index (χ1n) is 5.54. The fraction of sp³-hybridized carbons (Fsp3) is 0.636. The third-order valence-corrected chi connectivity index (χ3v) is 2.82. The number of hydrogen-bond acceptors (Lipinski definition) is 3. The smallest absolute Gasteiger partial charge is 0.239 e. The van der Waals surface area contributed by atoms with Gasteiger partial charge < -0.3 is 5.73 Å². The highest BCUT2D eigenvalue weighted by molar-refractivity contribution is 5.82. The van der Waals surface area contributed by atoms with Crippen LogP contribution in [0.4, 0.5) is 0 Å². The molecule has 0 saturated heterocycles. The molecular weight excluding hydrogens is 204 g/mol. The van der Waals surface area contributed by atoms with Crippen LogP contribution < -0.4 is 11.1 Å². The Morgan fingerprint density at radius 2 is 2.19 bits per heavy atom. The van der Waals surface area contributed by atoms with Crippen LogP contribution in [0.15, 0.2) is 0 Å². The average molecular weight is 224 g/mol. The second-order valence-electron chi connectivity index (χ2n) is 4.16. The van der Waals surface area contributed by atoms with Gasteiger partial charge in [0.1, 0.15) is 6.04 Å². The van der Waals surface area contributed by atoms with Crippen molar-refractivity contribution in [3.8, 4) is 0 Å². The Morgan fingerprint density at radius 1 is 1.56 bits per heavy atom. The van der Waals surface area contributed by atoms with Crippen LogP contribution in [0.3, 0.4) is 0 Å². The van der Waals surface area contributed by atoms with Gasteiger partial charge in [0.15, 0.2) is 0 Å². The topological polar surface area (TPSA) is 83.8 Å². The Morgan fingerprint density at radius 3 is 2.56 bits per heavy atom. The first-order valence-corrected chi connectivity index (χ1v) is 5.54. The maximum Gasteiger partial charge on any atom is 0.239 e. The number of primary amides is 1. The molecule has 90 valence electrons. The summed E-state index contributed by atoms with van der Waals surface area (Å²) in [6.07, 6.45) is 0.944. The molecule has 2 unspecified atom stereocenters. The number of nitrogens with two attached hydrogens (primary N) is 1. The van der Waals surface area contributed by atoms with Gasteiger partial charge in [-0.1, -0.05) is 6.92 Å². The summed E-state index contributed by atoms with van der Waals surface area (Å²) in [5.41, 5.74) is 8.00. The lowest BCUT2D eigenvalue weighted by molar-refractivity contribution is -0.120. The van der Waals surface area contributed by atoms with E-state index in [2.05, 4.69) is 22.4 Å². The van der Waals surface area contributed by atoms with Crippen molar-refractivity contribution in [2.45, 2.75) is 46.2 Å². The van der Waals surface area contributed by atoms with Crippen molar-refractivity contribution in [1.82, 2.24) is 15.5 Å². The summed E-state index contributed by atoms with van der Waals surface area (Å²) < 4.78 is 0. The van der Waals surface area contributed by atoms with E-state index in [0.29, 0.717) is 0 Å². The molecule has 1 amide bonds. The number of rotatable bonds is 5. The van der Waals surface area contributed by atoms with Gasteiger partial charge in [-0.2, -0.15) is 5.10 Å². The zero-order valence-electron chi connectivity index (χ0n) is 10.3. The molecule has 0 aliphatic carbocycles. The Kier molecular flexibility index (Phi) is 4.06. The molecule has 0 aliphatic rings. The molecule has 0 saturated carbocycles. The quantitative estimate of drug-likeness (QED) is 0.696. The third-order valence-electron chi connectivity index (χ3n) is 2.82. The van der Waals surface area contributed by atoms with E-state index in [1.807, 2.05) is 20.8 Å². The van der Waals surface area contributed by atoms with E-state index in [9.17, 15) is 4.79 Å². The summed E-state index contributed by atoms with van der Waals surface area (Å²) in [5.74, 6) is -0.368. The van der Waals surface area contributed by atoms with E-state index in [-0.39, 0.29) is 11.9 Å². The number of carbonyl (C=O) groups excluding carboxylic acids is 1. The van der Waals surface area contributed by atoms with Crippen molar-refractivity contribution < 1.29 is 4.79 Å². The van der Waals surface area contributed by atoms with E-state index >= 15 is 0 Å². The second-order valence-corrected chi connectivity index (χ2v) is 4.16. The molecule has 1 aromatic heterocycles. The minimum Gasteiger partial charge on any atom is -0.368 e. The van der Waals surface area contributed by atoms with Gasteiger partial charge in [0.05, 0.1) is 5.69 Å². The van der Waals surface area contributed by atoms with Crippen molar-refractivity contribution >= 4 is 5.91 Å². The molecule has 5 nitrogen and oxygen atoms in total. The maximum atomic E-state index is 11.5. The van der Waals surface area contributed by atoms with Gasteiger partial charge in [0.25, 0.3) is 0 Å². The number of nitrogens with zero attached hydrogens (tertiary/aromatic N) is 1. The van der Waals surface area contributed by atoms with Gasteiger partial charge in [-0.05, 0) is 27.2 Å². The molecule has 0 aliphatic heterocycles. The molecule has 4 N–H and O–H groups in total. The van der Waals surface area contributed by atoms with Crippen LogP contribution in [0.25, 0.3) is 0 Å². The lowest BCUT2D eigenvalue weighted by Gasteiger charge is -2.20. The molecule has 0 spiro atoms. The maximum absolute atomic E-state index is 11.5. The van der Waals surface area contributed by atoms with Gasteiger partial charge in [-0.3, -0.25) is 15.2 Å². The highest BCUT2D eigenvalue weighted by atomic mass is 16.1. The van der Waals surface area contributed by atoms with Crippen LogP contribution >= 0.6 is 0 Å². The molecule has 1 aromatic rings. The predicted octanol–water partition coefficient (Wildman–Crippen LogP) is 0.941. The lowest BCUT2D eigenvalue weighted by atomic mass is 10.0. The van der Waals surface area contributed by atoms with Gasteiger partial charge in [0, 0.05) is 17.3 Å². The zero-order valence-corrected chi connectivity index (χ0v) is 10.3. The van der Waals surface area contributed by atoms with Crippen molar-refractivity contribution in [2.75, 3.05) is 0 Å². The fourth-order valence-electron chi connectivity index (χ4n) is 1.69. The summed E-state index contributed by atoms with van der Waals surface area (Å²) in [7, 11) is 0. The Labute approximate surface area is 95.8 Å². The Bertz CT molecular complexity index is 353. The molecule has 16 heavy (non-hydrogen) atoms. The number of nitrogens with one attached hydrogen (secondary N) is 2. The van der Waals surface area contributed by atoms with Crippen molar-refractivity contribution in [3.05, 3.63) is 17.0 Å². The normalized spacial score (nSPS) is 14.8. The predicted molar refractivity (Wildman–Crippen MR) is 62.9 cm³/mol. The van der Waals surface area contributed by atoms with Crippen LogP contribution in [0, 0.1) is 13.8 Å². The minimum absolute atomic E-state index is 0.242. The number of hydrogen-bond donors (Lipinski definition) is 3. The monoisotopic (exact) mass is 224 g/mol. The minimum atomic E-state index is -0.464. The first kappa shape index (κ1) is 12.7. The van der Waals surface area contributed by atoms with Gasteiger partial charge in [0.2, 0.25) is 5.91 Å². The number of aromatic amines is 1. The second kappa shape index (κ2) is 5.12. The number of carbonyl (C=O) groups is 1. The number of H-pyrrole nitrogens is 1. The summed E-state index contributed by atoms with van der Waals surface area (Å²) in [4.78, 5) is 11.5. The number of amides is 1. The number of aryl methyl sites for hydroxylation is 2. The molecule has 0 fully saturated rings. The molecule has 0 aromatic carbocycles.